The van der Waals surface area contributed by atoms with E-state index >= 15 is 0 Å². The standard InChI is InChI=1S/C25H35N7O4S/c1-17(2)11-14-31-21-22(28-24(31)30-13-5-6-19(26)16-30)29(4)25(34)32(23(21)33)15-12-18-7-9-20(10-8-18)37(35,36)27-3/h7-11,19,27H,5-6,12-16,26H2,1-4H3. The number of allylic oxidation sites excluding steroid dienone is 2. The molecule has 1 aromatic carbocycles. The maximum absolute atomic E-state index is 13.7. The van der Waals surface area contributed by atoms with Gasteiger partial charge in [-0.1, -0.05) is 23.8 Å². The second-order valence-corrected chi connectivity index (χ2v) is 11.6. The zero-order valence-corrected chi connectivity index (χ0v) is 22.6. The molecule has 12 heteroatoms. The summed E-state index contributed by atoms with van der Waals surface area (Å²) in [5.41, 5.74) is 8.04. The summed E-state index contributed by atoms with van der Waals surface area (Å²) < 4.78 is 30.8. The highest BCUT2D eigenvalue weighted by Crippen LogP contribution is 2.23. The number of piperidine rings is 1. The van der Waals surface area contributed by atoms with Crippen LogP contribution < -0.4 is 26.6 Å². The van der Waals surface area contributed by atoms with E-state index in [1.807, 2.05) is 24.5 Å². The van der Waals surface area contributed by atoms with E-state index < -0.39 is 21.3 Å². The molecule has 11 nitrogen and oxygen atoms in total. The molecule has 1 saturated heterocycles. The molecule has 3 aromatic rings. The normalized spacial score (nSPS) is 16.4. The smallest absolute Gasteiger partial charge is 0.332 e. The minimum atomic E-state index is -3.54. The average molecular weight is 530 g/mol. The molecule has 2 aromatic heterocycles. The predicted molar refractivity (Wildman–Crippen MR) is 144 cm³/mol. The van der Waals surface area contributed by atoms with Crippen LogP contribution >= 0.6 is 0 Å². The Labute approximate surface area is 216 Å². The molecule has 0 spiro atoms. The van der Waals surface area contributed by atoms with Crippen LogP contribution in [0.1, 0.15) is 32.3 Å². The van der Waals surface area contributed by atoms with Crippen LogP contribution in [0, 0.1) is 0 Å². The lowest BCUT2D eigenvalue weighted by atomic mass is 10.1. The van der Waals surface area contributed by atoms with E-state index in [2.05, 4.69) is 9.62 Å². The highest BCUT2D eigenvalue weighted by atomic mass is 32.2. The number of imidazole rings is 1. The summed E-state index contributed by atoms with van der Waals surface area (Å²) in [7, 11) is -0.554. The highest BCUT2D eigenvalue weighted by molar-refractivity contribution is 7.89. The van der Waals surface area contributed by atoms with Crippen LogP contribution in [0.25, 0.3) is 11.2 Å². The van der Waals surface area contributed by atoms with E-state index in [1.165, 1.54) is 28.3 Å². The second kappa shape index (κ2) is 10.6. The van der Waals surface area contributed by atoms with E-state index in [0.717, 1.165) is 30.5 Å². The van der Waals surface area contributed by atoms with Crippen molar-refractivity contribution in [3.8, 4) is 0 Å². The molecule has 0 bridgehead atoms. The second-order valence-electron chi connectivity index (χ2n) is 9.72. The first-order valence-electron chi connectivity index (χ1n) is 12.4. The van der Waals surface area contributed by atoms with Crippen molar-refractivity contribution in [1.29, 1.82) is 0 Å². The lowest BCUT2D eigenvalue weighted by Crippen LogP contribution is -2.44. The molecule has 4 rings (SSSR count). The summed E-state index contributed by atoms with van der Waals surface area (Å²) in [5.74, 6) is 0.647. The van der Waals surface area contributed by atoms with E-state index in [4.69, 9.17) is 10.7 Å². The summed E-state index contributed by atoms with van der Waals surface area (Å²) in [4.78, 5) is 33.9. The first kappa shape index (κ1) is 26.8. The topological polar surface area (TPSA) is 137 Å². The molecule has 1 fully saturated rings. The maximum Gasteiger partial charge on any atom is 0.332 e. The summed E-state index contributed by atoms with van der Waals surface area (Å²) in [6.07, 6.45) is 4.29. The lowest BCUT2D eigenvalue weighted by molar-refractivity contribution is 0.495. The van der Waals surface area contributed by atoms with Crippen LogP contribution in [-0.2, 0) is 36.6 Å². The van der Waals surface area contributed by atoms with Crippen LogP contribution in [-0.4, -0.2) is 53.3 Å². The Bertz CT molecular complexity index is 1540. The number of aryl methyl sites for hydroxylation is 2. The number of aromatic nitrogens is 4. The number of nitrogens with two attached hydrogens (primary N) is 1. The summed E-state index contributed by atoms with van der Waals surface area (Å²) >= 11 is 0. The zero-order valence-electron chi connectivity index (χ0n) is 21.8. The van der Waals surface area contributed by atoms with Crippen molar-refractivity contribution < 1.29 is 8.42 Å². The summed E-state index contributed by atoms with van der Waals surface area (Å²) in [6, 6.07) is 6.43. The van der Waals surface area contributed by atoms with Crippen LogP contribution in [0.3, 0.4) is 0 Å². The van der Waals surface area contributed by atoms with Gasteiger partial charge < -0.3 is 15.2 Å². The number of anilines is 1. The molecule has 1 aliphatic rings. The fourth-order valence-electron chi connectivity index (χ4n) is 4.63. The van der Waals surface area contributed by atoms with Gasteiger partial charge in [-0.15, -0.1) is 0 Å². The SMILES string of the molecule is CNS(=O)(=O)c1ccc(CCn2c(=O)c3c(nc(N4CCCC(N)C4)n3CC=C(C)C)n(C)c2=O)cc1. The molecule has 1 atom stereocenters. The van der Waals surface area contributed by atoms with Crippen molar-refractivity contribution in [3.63, 3.8) is 0 Å². The minimum Gasteiger partial charge on any atom is -0.341 e. The van der Waals surface area contributed by atoms with Gasteiger partial charge in [-0.05, 0) is 57.9 Å². The summed E-state index contributed by atoms with van der Waals surface area (Å²) in [5, 5.41) is 0. The van der Waals surface area contributed by atoms with Gasteiger partial charge in [-0.2, -0.15) is 4.98 Å². The van der Waals surface area contributed by atoms with Gasteiger partial charge >= 0.3 is 5.69 Å². The van der Waals surface area contributed by atoms with Crippen molar-refractivity contribution in [2.75, 3.05) is 25.0 Å². The number of benzene rings is 1. The van der Waals surface area contributed by atoms with Gasteiger partial charge in [-0.3, -0.25) is 13.9 Å². The van der Waals surface area contributed by atoms with Gasteiger partial charge in [0.2, 0.25) is 16.0 Å². The number of fused-ring (bicyclic) bond motifs is 1. The molecule has 1 unspecified atom stereocenters. The molecule has 37 heavy (non-hydrogen) atoms. The third-order valence-electron chi connectivity index (χ3n) is 6.76. The Hall–Kier alpha value is -3.22. The largest absolute Gasteiger partial charge is 0.341 e. The maximum atomic E-state index is 13.7. The fraction of sp³-hybridized carbons (Fsp3) is 0.480. The number of rotatable bonds is 8. The average Bonchev–Trinajstić information content (AvgIpc) is 3.26. The van der Waals surface area contributed by atoms with Gasteiger partial charge in [0.05, 0.1) is 4.90 Å². The number of hydrogen-bond donors (Lipinski definition) is 2. The van der Waals surface area contributed by atoms with Gasteiger partial charge in [-0.25, -0.2) is 17.9 Å². The summed E-state index contributed by atoms with van der Waals surface area (Å²) in [6.45, 7) is 6.02. The van der Waals surface area contributed by atoms with Crippen LogP contribution in [0.4, 0.5) is 5.95 Å². The van der Waals surface area contributed by atoms with Crippen molar-refractivity contribution in [1.82, 2.24) is 23.4 Å². The Balaban J connectivity index is 1.76. The molecule has 3 N–H and O–H groups in total. The molecular weight excluding hydrogens is 494 g/mol. The van der Waals surface area contributed by atoms with E-state index in [0.29, 0.717) is 36.6 Å². The Morgan fingerprint density at radius 2 is 1.89 bits per heavy atom. The molecule has 0 radical (unpaired) electrons. The Morgan fingerprint density at radius 3 is 2.51 bits per heavy atom. The van der Waals surface area contributed by atoms with E-state index in [-0.39, 0.29) is 17.5 Å². The number of sulfonamides is 1. The minimum absolute atomic E-state index is 0.0282. The molecule has 0 saturated carbocycles. The molecule has 0 aliphatic carbocycles. The van der Waals surface area contributed by atoms with Crippen molar-refractivity contribution in [2.24, 2.45) is 12.8 Å². The first-order chi connectivity index (χ1) is 17.5. The molecule has 200 valence electrons. The van der Waals surface area contributed by atoms with Crippen molar-refractivity contribution in [3.05, 3.63) is 62.3 Å². The molecular formula is C25H35N7O4S. The number of hydrogen-bond acceptors (Lipinski definition) is 7. The Morgan fingerprint density at radius 1 is 1.19 bits per heavy atom. The predicted octanol–water partition coefficient (Wildman–Crippen LogP) is 0.941. The van der Waals surface area contributed by atoms with E-state index in [9.17, 15) is 18.0 Å². The van der Waals surface area contributed by atoms with Crippen LogP contribution in [0.2, 0.25) is 0 Å². The first-order valence-corrected chi connectivity index (χ1v) is 13.9. The lowest BCUT2D eigenvalue weighted by Gasteiger charge is -2.31. The fourth-order valence-corrected chi connectivity index (χ4v) is 5.36. The van der Waals surface area contributed by atoms with Crippen LogP contribution in [0.5, 0.6) is 0 Å². The molecule has 3 heterocycles. The van der Waals surface area contributed by atoms with Crippen molar-refractivity contribution in [2.45, 2.75) is 57.1 Å². The monoisotopic (exact) mass is 529 g/mol. The van der Waals surface area contributed by atoms with E-state index in [1.54, 1.807) is 19.2 Å². The van der Waals surface area contributed by atoms with Gasteiger partial charge in [0.1, 0.15) is 0 Å². The highest BCUT2D eigenvalue weighted by Gasteiger charge is 2.26. The van der Waals surface area contributed by atoms with Crippen LogP contribution in [0.15, 0.2) is 50.4 Å². The third kappa shape index (κ3) is 5.41. The quantitative estimate of drug-likeness (QED) is 0.414. The van der Waals surface area contributed by atoms with Gasteiger partial charge in [0, 0.05) is 39.3 Å². The Kier molecular flexibility index (Phi) is 7.72. The number of nitrogens with one attached hydrogen (secondary N) is 1. The molecule has 1 aliphatic heterocycles. The third-order valence-corrected chi connectivity index (χ3v) is 8.19. The zero-order chi connectivity index (χ0) is 26.9. The number of nitrogens with zero attached hydrogens (tertiary/aromatic N) is 5. The van der Waals surface area contributed by atoms with Crippen molar-refractivity contribution >= 4 is 27.1 Å². The molecule has 0 amide bonds. The van der Waals surface area contributed by atoms with Gasteiger partial charge in [0.25, 0.3) is 5.56 Å². The van der Waals surface area contributed by atoms with Gasteiger partial charge in [0.15, 0.2) is 11.2 Å².